The van der Waals surface area contributed by atoms with Gasteiger partial charge in [-0.3, -0.25) is 4.79 Å². The number of nitrogens with zero attached hydrogens (tertiary/aromatic N) is 4. The lowest BCUT2D eigenvalue weighted by molar-refractivity contribution is 0.0946. The van der Waals surface area contributed by atoms with Crippen molar-refractivity contribution in [3.05, 3.63) is 82.2 Å². The van der Waals surface area contributed by atoms with Gasteiger partial charge in [0.2, 0.25) is 0 Å². The predicted molar refractivity (Wildman–Crippen MR) is 95.5 cm³/mol. The van der Waals surface area contributed by atoms with Crippen LogP contribution in [0.3, 0.4) is 0 Å². The molecule has 1 amide bonds. The summed E-state index contributed by atoms with van der Waals surface area (Å²) in [5.41, 5.74) is 3.24. The molecule has 0 aliphatic heterocycles. The van der Waals surface area contributed by atoms with Crippen molar-refractivity contribution in [3.8, 4) is 0 Å². The van der Waals surface area contributed by atoms with Gasteiger partial charge in [-0.1, -0.05) is 30.3 Å². The summed E-state index contributed by atoms with van der Waals surface area (Å²) >= 11 is 1.50. The number of hydrogen-bond acceptors (Lipinski definition) is 5. The topological polar surface area (TPSA) is 72.2 Å². The highest BCUT2D eigenvalue weighted by Gasteiger charge is 2.12. The number of aromatic nitrogens is 4. The molecule has 0 radical (unpaired) electrons. The molecule has 0 aliphatic carbocycles. The summed E-state index contributed by atoms with van der Waals surface area (Å²) in [6.07, 6.45) is 5.98. The molecule has 7 heteroatoms. The third-order valence-corrected chi connectivity index (χ3v) is 4.62. The van der Waals surface area contributed by atoms with Crippen molar-refractivity contribution < 1.29 is 4.79 Å². The van der Waals surface area contributed by atoms with E-state index < -0.39 is 0 Å². The third kappa shape index (κ3) is 3.41. The lowest BCUT2D eigenvalue weighted by atomic mass is 10.2. The van der Waals surface area contributed by atoms with Crippen LogP contribution in [-0.4, -0.2) is 25.5 Å². The number of nitrogens with one attached hydrogen (secondary N) is 1. The standard InChI is InChI=1S/C18H15N5OS/c24-18(20-10-14-11-21-23-8-4-7-19-17(14)23)15-12-25-16(22-15)9-13-5-2-1-3-6-13/h1-8,11-12H,9-10H2,(H,20,24). The first-order valence-corrected chi connectivity index (χ1v) is 8.71. The molecule has 25 heavy (non-hydrogen) atoms. The maximum absolute atomic E-state index is 12.3. The Morgan fingerprint density at radius 3 is 2.96 bits per heavy atom. The molecule has 124 valence electrons. The Kier molecular flexibility index (Phi) is 4.22. The van der Waals surface area contributed by atoms with Crippen LogP contribution in [0, 0.1) is 0 Å². The van der Waals surface area contributed by atoms with Crippen LogP contribution >= 0.6 is 11.3 Å². The van der Waals surface area contributed by atoms with Gasteiger partial charge in [0, 0.05) is 36.3 Å². The number of benzene rings is 1. The van der Waals surface area contributed by atoms with Crippen LogP contribution in [-0.2, 0) is 13.0 Å². The molecule has 0 saturated heterocycles. The van der Waals surface area contributed by atoms with Gasteiger partial charge >= 0.3 is 0 Å². The van der Waals surface area contributed by atoms with E-state index in [1.54, 1.807) is 22.3 Å². The summed E-state index contributed by atoms with van der Waals surface area (Å²) in [7, 11) is 0. The largest absolute Gasteiger partial charge is 0.346 e. The summed E-state index contributed by atoms with van der Waals surface area (Å²) in [5.74, 6) is -0.189. The maximum Gasteiger partial charge on any atom is 0.271 e. The molecule has 0 spiro atoms. The van der Waals surface area contributed by atoms with Crippen molar-refractivity contribution in [1.82, 2.24) is 24.9 Å². The molecule has 1 aromatic carbocycles. The number of thiazole rings is 1. The lowest BCUT2D eigenvalue weighted by Gasteiger charge is -2.01. The summed E-state index contributed by atoms with van der Waals surface area (Å²) in [5, 5.41) is 9.81. The number of hydrogen-bond donors (Lipinski definition) is 1. The van der Waals surface area contributed by atoms with Gasteiger partial charge < -0.3 is 5.32 Å². The zero-order valence-electron chi connectivity index (χ0n) is 13.3. The van der Waals surface area contributed by atoms with Gasteiger partial charge in [-0.2, -0.15) is 5.10 Å². The van der Waals surface area contributed by atoms with Gasteiger partial charge in [0.05, 0.1) is 11.2 Å². The van der Waals surface area contributed by atoms with Gasteiger partial charge in [-0.25, -0.2) is 14.5 Å². The molecule has 0 fully saturated rings. The molecule has 6 nitrogen and oxygen atoms in total. The third-order valence-electron chi connectivity index (χ3n) is 3.77. The molecule has 3 aromatic heterocycles. The minimum atomic E-state index is -0.189. The molecule has 3 heterocycles. The molecule has 4 rings (SSSR count). The lowest BCUT2D eigenvalue weighted by Crippen LogP contribution is -2.23. The van der Waals surface area contributed by atoms with E-state index >= 15 is 0 Å². The highest BCUT2D eigenvalue weighted by atomic mass is 32.1. The maximum atomic E-state index is 12.3. The van der Waals surface area contributed by atoms with Crippen LogP contribution in [0.1, 0.15) is 26.6 Å². The monoisotopic (exact) mass is 349 g/mol. The number of amides is 1. The summed E-state index contributed by atoms with van der Waals surface area (Å²) in [4.78, 5) is 21.0. The van der Waals surface area contributed by atoms with Crippen molar-refractivity contribution in [1.29, 1.82) is 0 Å². The van der Waals surface area contributed by atoms with Crippen molar-refractivity contribution >= 4 is 22.9 Å². The quantitative estimate of drug-likeness (QED) is 0.601. The Morgan fingerprint density at radius 2 is 2.08 bits per heavy atom. The smallest absolute Gasteiger partial charge is 0.271 e. The molecule has 0 saturated carbocycles. The Labute approximate surface area is 148 Å². The summed E-state index contributed by atoms with van der Waals surface area (Å²) < 4.78 is 1.68. The van der Waals surface area contributed by atoms with E-state index in [2.05, 4.69) is 32.5 Å². The van der Waals surface area contributed by atoms with Gasteiger partial charge in [-0.05, 0) is 11.6 Å². The fourth-order valence-electron chi connectivity index (χ4n) is 2.53. The van der Waals surface area contributed by atoms with Crippen LogP contribution in [0.2, 0.25) is 0 Å². The minimum Gasteiger partial charge on any atom is -0.346 e. The van der Waals surface area contributed by atoms with E-state index in [1.807, 2.05) is 30.5 Å². The SMILES string of the molecule is O=C(NCc1cnn2cccnc12)c1csc(Cc2ccccc2)n1. The van der Waals surface area contributed by atoms with Crippen LogP contribution in [0.15, 0.2) is 60.4 Å². The average molecular weight is 349 g/mol. The Bertz CT molecular complexity index is 1010. The number of rotatable bonds is 5. The van der Waals surface area contributed by atoms with Crippen molar-refractivity contribution in [2.75, 3.05) is 0 Å². The summed E-state index contributed by atoms with van der Waals surface area (Å²) in [6.45, 7) is 0.366. The first-order valence-electron chi connectivity index (χ1n) is 7.83. The van der Waals surface area contributed by atoms with Crippen molar-refractivity contribution in [2.45, 2.75) is 13.0 Å². The highest BCUT2D eigenvalue weighted by Crippen LogP contribution is 2.15. The molecule has 4 aromatic rings. The second kappa shape index (κ2) is 6.82. The molecular formula is C18H15N5OS. The predicted octanol–water partition coefficient (Wildman–Crippen LogP) is 2.71. The van der Waals surface area contributed by atoms with Crippen molar-refractivity contribution in [3.63, 3.8) is 0 Å². The van der Waals surface area contributed by atoms with Crippen LogP contribution in [0.4, 0.5) is 0 Å². The number of carbonyl (C=O) groups is 1. The average Bonchev–Trinajstić information content (AvgIpc) is 3.28. The first-order chi connectivity index (χ1) is 12.3. The van der Waals surface area contributed by atoms with Gasteiger partial charge in [-0.15, -0.1) is 11.3 Å². The van der Waals surface area contributed by atoms with Gasteiger partial charge in [0.1, 0.15) is 5.69 Å². The molecule has 1 N–H and O–H groups in total. The molecule has 0 aliphatic rings. The van der Waals surface area contributed by atoms with Crippen LogP contribution < -0.4 is 5.32 Å². The highest BCUT2D eigenvalue weighted by molar-refractivity contribution is 7.09. The van der Waals surface area contributed by atoms with Crippen molar-refractivity contribution in [2.24, 2.45) is 0 Å². The van der Waals surface area contributed by atoms with Gasteiger partial charge in [0.25, 0.3) is 5.91 Å². The molecule has 0 atom stereocenters. The molecular weight excluding hydrogens is 334 g/mol. The van der Waals surface area contributed by atoms with E-state index in [1.165, 1.54) is 16.9 Å². The fourth-order valence-corrected chi connectivity index (χ4v) is 3.34. The normalized spacial score (nSPS) is 10.9. The van der Waals surface area contributed by atoms with E-state index in [0.717, 1.165) is 22.6 Å². The molecule has 0 unspecified atom stereocenters. The zero-order chi connectivity index (χ0) is 17.1. The van der Waals surface area contributed by atoms with Crippen LogP contribution in [0.5, 0.6) is 0 Å². The Hall–Kier alpha value is -3.06. The Balaban J connectivity index is 1.41. The van der Waals surface area contributed by atoms with E-state index in [0.29, 0.717) is 12.2 Å². The second-order valence-corrected chi connectivity index (χ2v) is 6.47. The van der Waals surface area contributed by atoms with E-state index in [4.69, 9.17) is 0 Å². The summed E-state index contributed by atoms with van der Waals surface area (Å²) in [6, 6.07) is 11.9. The number of carbonyl (C=O) groups excluding carboxylic acids is 1. The fraction of sp³-hybridized carbons (Fsp3) is 0.111. The first kappa shape index (κ1) is 15.5. The second-order valence-electron chi connectivity index (χ2n) is 5.53. The minimum absolute atomic E-state index is 0.189. The van der Waals surface area contributed by atoms with Crippen LogP contribution in [0.25, 0.3) is 5.65 Å². The van der Waals surface area contributed by atoms with Gasteiger partial charge in [0.15, 0.2) is 5.65 Å². The molecule has 0 bridgehead atoms. The number of fused-ring (bicyclic) bond motifs is 1. The van der Waals surface area contributed by atoms with E-state index in [-0.39, 0.29) is 5.91 Å². The Morgan fingerprint density at radius 1 is 1.20 bits per heavy atom. The zero-order valence-corrected chi connectivity index (χ0v) is 14.1. The van der Waals surface area contributed by atoms with E-state index in [9.17, 15) is 4.79 Å².